The van der Waals surface area contributed by atoms with Gasteiger partial charge in [-0.05, 0) is 0 Å². The molecule has 3 nitrogen and oxygen atoms in total. The Morgan fingerprint density at radius 2 is 2.70 bits per heavy atom. The molecule has 0 bridgehead atoms. The molecule has 1 heterocycles. The Kier molecular flexibility index (Phi) is 2.39. The first-order valence-electron chi connectivity index (χ1n) is 2.78. The van der Waals surface area contributed by atoms with Crippen molar-refractivity contribution in [1.82, 2.24) is 4.98 Å². The minimum atomic E-state index is -0.241. The minimum absolute atomic E-state index is 0.241. The van der Waals surface area contributed by atoms with Crippen molar-refractivity contribution < 1.29 is 9.53 Å². The third-order valence-electron chi connectivity index (χ3n) is 1.01. The third-order valence-corrected chi connectivity index (χ3v) is 1.79. The van der Waals surface area contributed by atoms with Gasteiger partial charge in [-0.3, -0.25) is 4.79 Å². The van der Waals surface area contributed by atoms with Gasteiger partial charge in [0.2, 0.25) is 0 Å². The molecule has 0 fully saturated rings. The molecule has 0 atom stereocenters. The lowest BCUT2D eigenvalue weighted by Crippen LogP contribution is -2.03. The molecule has 1 aromatic heterocycles. The van der Waals surface area contributed by atoms with Crippen LogP contribution in [-0.2, 0) is 16.0 Å². The molecule has 0 saturated carbocycles. The van der Waals surface area contributed by atoms with Crippen LogP contribution in [0.25, 0.3) is 0 Å². The second kappa shape index (κ2) is 3.31. The summed E-state index contributed by atoms with van der Waals surface area (Å²) in [5.74, 6) is -0.241. The first kappa shape index (κ1) is 7.21. The predicted octanol–water partition coefficient (Wildman–Crippen LogP) is 0.859. The highest BCUT2D eigenvalue weighted by atomic mass is 32.1. The van der Waals surface area contributed by atoms with E-state index in [4.69, 9.17) is 0 Å². The second-order valence-corrected chi connectivity index (χ2v) is 2.66. The van der Waals surface area contributed by atoms with Gasteiger partial charge in [-0.1, -0.05) is 0 Å². The molecule has 10 heavy (non-hydrogen) atoms. The first-order chi connectivity index (χ1) is 4.83. The lowest BCUT2D eigenvalue weighted by Gasteiger charge is -1.92. The fraction of sp³-hybridized carbons (Fsp3) is 0.333. The Morgan fingerprint density at radius 3 is 3.20 bits per heavy atom. The van der Waals surface area contributed by atoms with Gasteiger partial charge in [-0.2, -0.15) is 0 Å². The number of carbonyl (C=O) groups is 1. The SMILES string of the molecule is COC(=O)Cc1nccs1. The molecule has 1 rings (SSSR count). The molecular weight excluding hydrogens is 150 g/mol. The number of nitrogens with zero attached hydrogens (tertiary/aromatic N) is 1. The van der Waals surface area contributed by atoms with Crippen molar-refractivity contribution in [3.05, 3.63) is 16.6 Å². The number of esters is 1. The zero-order valence-corrected chi connectivity index (χ0v) is 6.35. The monoisotopic (exact) mass is 157 g/mol. The lowest BCUT2D eigenvalue weighted by molar-refractivity contribution is -0.139. The fourth-order valence-electron chi connectivity index (χ4n) is 0.536. The van der Waals surface area contributed by atoms with E-state index in [1.165, 1.54) is 18.4 Å². The van der Waals surface area contributed by atoms with Crippen LogP contribution in [0.2, 0.25) is 0 Å². The third kappa shape index (κ3) is 1.80. The van der Waals surface area contributed by atoms with Gasteiger partial charge in [-0.25, -0.2) is 4.98 Å². The van der Waals surface area contributed by atoms with Gasteiger partial charge in [-0.15, -0.1) is 11.3 Å². The Labute approximate surface area is 62.7 Å². The van der Waals surface area contributed by atoms with E-state index >= 15 is 0 Å². The van der Waals surface area contributed by atoms with Gasteiger partial charge in [0.25, 0.3) is 0 Å². The van der Waals surface area contributed by atoms with Crippen LogP contribution in [0.3, 0.4) is 0 Å². The molecule has 0 spiro atoms. The quantitative estimate of drug-likeness (QED) is 0.598. The number of methoxy groups -OCH3 is 1. The van der Waals surface area contributed by atoms with Crippen LogP contribution in [0.5, 0.6) is 0 Å². The Balaban J connectivity index is 2.48. The van der Waals surface area contributed by atoms with Gasteiger partial charge in [0.15, 0.2) is 0 Å². The summed E-state index contributed by atoms with van der Waals surface area (Å²) >= 11 is 1.45. The molecule has 1 aromatic rings. The summed E-state index contributed by atoms with van der Waals surface area (Å²) in [5, 5.41) is 2.63. The highest BCUT2D eigenvalue weighted by Crippen LogP contribution is 2.04. The maximum atomic E-state index is 10.6. The highest BCUT2D eigenvalue weighted by Gasteiger charge is 2.03. The van der Waals surface area contributed by atoms with Crippen molar-refractivity contribution in [2.24, 2.45) is 0 Å². The minimum Gasteiger partial charge on any atom is -0.469 e. The van der Waals surface area contributed by atoms with E-state index in [9.17, 15) is 4.79 Å². The molecule has 0 aliphatic carbocycles. The van der Waals surface area contributed by atoms with Crippen LogP contribution in [0.4, 0.5) is 0 Å². The number of carbonyl (C=O) groups excluding carboxylic acids is 1. The van der Waals surface area contributed by atoms with Crippen molar-refractivity contribution in [2.45, 2.75) is 6.42 Å². The lowest BCUT2D eigenvalue weighted by atomic mass is 10.5. The molecule has 54 valence electrons. The second-order valence-electron chi connectivity index (χ2n) is 1.68. The van der Waals surface area contributed by atoms with Crippen LogP contribution in [-0.4, -0.2) is 18.1 Å². The summed E-state index contributed by atoms with van der Waals surface area (Å²) in [6.07, 6.45) is 1.96. The van der Waals surface area contributed by atoms with Gasteiger partial charge in [0.05, 0.1) is 13.5 Å². The van der Waals surface area contributed by atoms with Crippen molar-refractivity contribution in [1.29, 1.82) is 0 Å². The Hall–Kier alpha value is -0.900. The number of thiazole rings is 1. The summed E-state index contributed by atoms with van der Waals surface area (Å²) in [6.45, 7) is 0. The van der Waals surface area contributed by atoms with Crippen LogP contribution in [0.1, 0.15) is 5.01 Å². The topological polar surface area (TPSA) is 39.2 Å². The predicted molar refractivity (Wildman–Crippen MR) is 37.8 cm³/mol. The van der Waals surface area contributed by atoms with Crippen LogP contribution in [0.15, 0.2) is 11.6 Å². The molecule has 0 radical (unpaired) electrons. The van der Waals surface area contributed by atoms with Crippen molar-refractivity contribution in [3.8, 4) is 0 Å². The Bertz CT molecular complexity index is 208. The van der Waals surface area contributed by atoms with E-state index in [1.807, 2.05) is 5.38 Å². The van der Waals surface area contributed by atoms with Gasteiger partial charge >= 0.3 is 5.97 Å². The zero-order valence-electron chi connectivity index (χ0n) is 5.53. The van der Waals surface area contributed by atoms with Crippen molar-refractivity contribution >= 4 is 17.3 Å². The van der Waals surface area contributed by atoms with Gasteiger partial charge in [0, 0.05) is 11.6 Å². The van der Waals surface area contributed by atoms with E-state index in [0.717, 1.165) is 5.01 Å². The molecule has 0 unspecified atom stereocenters. The highest BCUT2D eigenvalue weighted by molar-refractivity contribution is 7.09. The molecule has 0 saturated heterocycles. The fourth-order valence-corrected chi connectivity index (χ4v) is 1.14. The normalized spacial score (nSPS) is 9.30. The number of aromatic nitrogens is 1. The van der Waals surface area contributed by atoms with E-state index in [2.05, 4.69) is 9.72 Å². The number of hydrogen-bond donors (Lipinski definition) is 0. The smallest absolute Gasteiger partial charge is 0.312 e. The molecule has 0 N–H and O–H groups in total. The molecule has 0 aromatic carbocycles. The number of rotatable bonds is 2. The molecule has 0 aliphatic rings. The summed E-state index contributed by atoms with van der Waals surface area (Å²) < 4.78 is 4.45. The molecular formula is C6H7NO2S. The standard InChI is InChI=1S/C6H7NO2S/c1-9-6(8)4-5-7-2-3-10-5/h2-3H,4H2,1H3. The molecule has 0 aliphatic heterocycles. The molecule has 4 heteroatoms. The number of ether oxygens (including phenoxy) is 1. The van der Waals surface area contributed by atoms with Gasteiger partial charge in [0.1, 0.15) is 5.01 Å². The molecule has 0 amide bonds. The maximum Gasteiger partial charge on any atom is 0.312 e. The summed E-state index contributed by atoms with van der Waals surface area (Å²) in [7, 11) is 1.37. The van der Waals surface area contributed by atoms with Gasteiger partial charge < -0.3 is 4.74 Å². The van der Waals surface area contributed by atoms with Crippen LogP contribution in [0, 0.1) is 0 Å². The van der Waals surface area contributed by atoms with E-state index in [0.29, 0.717) is 0 Å². The van der Waals surface area contributed by atoms with Crippen molar-refractivity contribution in [3.63, 3.8) is 0 Å². The first-order valence-corrected chi connectivity index (χ1v) is 3.66. The van der Waals surface area contributed by atoms with E-state index in [1.54, 1.807) is 6.20 Å². The van der Waals surface area contributed by atoms with Crippen molar-refractivity contribution in [2.75, 3.05) is 7.11 Å². The largest absolute Gasteiger partial charge is 0.469 e. The summed E-state index contributed by atoms with van der Waals surface area (Å²) in [5.41, 5.74) is 0. The maximum absolute atomic E-state index is 10.6. The van der Waals surface area contributed by atoms with E-state index < -0.39 is 0 Å². The summed E-state index contributed by atoms with van der Waals surface area (Å²) in [4.78, 5) is 14.5. The number of hydrogen-bond acceptors (Lipinski definition) is 4. The van der Waals surface area contributed by atoms with Crippen LogP contribution >= 0.6 is 11.3 Å². The Morgan fingerprint density at radius 1 is 1.90 bits per heavy atom. The van der Waals surface area contributed by atoms with Crippen LogP contribution < -0.4 is 0 Å². The average Bonchev–Trinajstić information content (AvgIpc) is 2.40. The summed E-state index contributed by atoms with van der Waals surface area (Å²) in [6, 6.07) is 0. The average molecular weight is 157 g/mol. The zero-order chi connectivity index (χ0) is 7.40. The van der Waals surface area contributed by atoms with E-state index in [-0.39, 0.29) is 12.4 Å².